The molecule has 32 heavy (non-hydrogen) atoms. The second-order valence-corrected chi connectivity index (χ2v) is 8.66. The van der Waals surface area contributed by atoms with Crippen LogP contribution in [0.4, 0.5) is 25.2 Å². The SMILES string of the molecule is CC#N.C[C]1[C](C)[C](C)[C](C)[C]1C.F[P-](F)(F)(F)(F)F.[Ir+3].[c-]1ccccc1C1=NCCN1. The second kappa shape index (κ2) is 12.3. The Kier molecular flexibility index (Phi) is 12.7. The van der Waals surface area contributed by atoms with Crippen LogP contribution in [-0.2, 0) is 20.1 Å². The summed E-state index contributed by atoms with van der Waals surface area (Å²) in [5.41, 5.74) is 1.06. The monoisotopic (exact) mass is 659 g/mol. The Morgan fingerprint density at radius 3 is 1.53 bits per heavy atom. The third kappa shape index (κ3) is 15.6. The summed E-state index contributed by atoms with van der Waals surface area (Å²) in [7, 11) is -10.7. The van der Waals surface area contributed by atoms with Gasteiger partial charge in [0.2, 0.25) is 0 Å². The molecule has 0 unspecified atom stereocenters. The number of nitrogens with one attached hydrogen (secondary N) is 1. The van der Waals surface area contributed by atoms with E-state index in [4.69, 9.17) is 5.26 Å². The first-order valence-electron chi connectivity index (χ1n) is 9.21. The molecule has 0 aromatic heterocycles. The zero-order valence-corrected chi connectivity index (χ0v) is 22.0. The molecule has 1 N–H and O–H groups in total. The van der Waals surface area contributed by atoms with Crippen LogP contribution in [-0.4, -0.2) is 18.9 Å². The largest absolute Gasteiger partial charge is 3.00 e. The van der Waals surface area contributed by atoms with Gasteiger partial charge in [-0.25, -0.2) is 0 Å². The maximum Gasteiger partial charge on any atom is 3.00 e. The van der Waals surface area contributed by atoms with Gasteiger partial charge in [-0.2, -0.15) is 5.26 Å². The zero-order valence-electron chi connectivity index (χ0n) is 18.7. The summed E-state index contributed by atoms with van der Waals surface area (Å²) < 4.78 is 59.2. The van der Waals surface area contributed by atoms with Crippen molar-refractivity contribution in [2.45, 2.75) is 41.5 Å². The second-order valence-electron chi connectivity index (χ2n) is 6.74. The molecule has 1 heterocycles. The Hall–Kier alpha value is -1.16. The number of benzene rings is 1. The molecular formula is C21H27F6IrN3P+. The summed E-state index contributed by atoms with van der Waals surface area (Å²) in [6.07, 6.45) is 0. The van der Waals surface area contributed by atoms with Gasteiger partial charge >= 0.3 is 53.1 Å². The van der Waals surface area contributed by atoms with Gasteiger partial charge in [0.1, 0.15) is 0 Å². The fraction of sp³-hybridized carbons (Fsp3) is 0.381. The van der Waals surface area contributed by atoms with Crippen molar-refractivity contribution in [1.82, 2.24) is 5.32 Å². The fourth-order valence-corrected chi connectivity index (χ4v) is 2.53. The van der Waals surface area contributed by atoms with Crippen LogP contribution in [0, 0.1) is 47.0 Å². The van der Waals surface area contributed by atoms with Gasteiger partial charge < -0.3 is 10.3 Å². The molecule has 1 aliphatic carbocycles. The average Bonchev–Trinajstić information content (AvgIpc) is 3.23. The predicted octanol–water partition coefficient (Wildman–Crippen LogP) is 7.72. The molecule has 2 aliphatic rings. The van der Waals surface area contributed by atoms with Crippen molar-refractivity contribution in [3.05, 3.63) is 65.5 Å². The molecule has 5 radical (unpaired) electrons. The Bertz CT molecular complexity index is 694. The Labute approximate surface area is 200 Å². The molecule has 0 saturated heterocycles. The number of aliphatic imine (C=N–C) groups is 1. The van der Waals surface area contributed by atoms with Gasteiger partial charge in [0, 0.05) is 25.8 Å². The van der Waals surface area contributed by atoms with Crippen molar-refractivity contribution >= 4 is 13.6 Å². The van der Waals surface area contributed by atoms with Gasteiger partial charge in [0.05, 0.1) is 6.07 Å². The van der Waals surface area contributed by atoms with Gasteiger partial charge in [-0.05, 0) is 29.6 Å². The van der Waals surface area contributed by atoms with Crippen LogP contribution in [0.3, 0.4) is 0 Å². The topological polar surface area (TPSA) is 48.2 Å². The van der Waals surface area contributed by atoms with Gasteiger partial charge in [0.25, 0.3) is 0 Å². The van der Waals surface area contributed by atoms with Crippen molar-refractivity contribution in [2.24, 2.45) is 4.99 Å². The number of amidine groups is 1. The summed E-state index contributed by atoms with van der Waals surface area (Å²) in [6, 6.07) is 12.7. The summed E-state index contributed by atoms with van der Waals surface area (Å²) in [5.74, 6) is 8.32. The molecule has 1 aliphatic heterocycles. The minimum Gasteiger partial charge on any atom is -0.407 e. The third-order valence-electron chi connectivity index (χ3n) is 4.45. The number of rotatable bonds is 1. The van der Waals surface area contributed by atoms with E-state index in [9.17, 15) is 25.2 Å². The molecule has 1 aromatic carbocycles. The van der Waals surface area contributed by atoms with E-state index in [0.717, 1.165) is 24.5 Å². The maximum atomic E-state index is 9.87. The molecule has 11 heteroatoms. The summed E-state index contributed by atoms with van der Waals surface area (Å²) in [5, 5.41) is 10.5. The van der Waals surface area contributed by atoms with E-state index in [2.05, 4.69) is 51.0 Å². The molecule has 3 nitrogen and oxygen atoms in total. The summed E-state index contributed by atoms with van der Waals surface area (Å²) >= 11 is 0. The van der Waals surface area contributed by atoms with E-state index in [-0.39, 0.29) is 20.1 Å². The minimum atomic E-state index is -10.7. The Morgan fingerprint density at radius 2 is 1.28 bits per heavy atom. The molecule has 0 amide bonds. The van der Waals surface area contributed by atoms with Gasteiger partial charge in [-0.15, -0.1) is 35.9 Å². The maximum absolute atomic E-state index is 10.7. The molecule has 0 atom stereocenters. The molecule has 1 aromatic rings. The quantitative estimate of drug-likeness (QED) is 0.191. The van der Waals surface area contributed by atoms with Gasteiger partial charge in [0.15, 0.2) is 0 Å². The molecule has 1 fully saturated rings. The van der Waals surface area contributed by atoms with Crippen LogP contribution >= 0.6 is 7.81 Å². The Balaban J connectivity index is 0. The number of hydrogen-bond acceptors (Lipinski definition) is 3. The number of nitriles is 1. The van der Waals surface area contributed by atoms with Crippen molar-refractivity contribution in [1.29, 1.82) is 5.26 Å². The number of nitrogens with zero attached hydrogens (tertiary/aromatic N) is 2. The van der Waals surface area contributed by atoms with Crippen molar-refractivity contribution < 1.29 is 45.3 Å². The van der Waals surface area contributed by atoms with Crippen molar-refractivity contribution in [3.63, 3.8) is 0 Å². The number of hydrogen-bond donors (Lipinski definition) is 1. The minimum absolute atomic E-state index is 0. The van der Waals surface area contributed by atoms with Crippen molar-refractivity contribution in [3.8, 4) is 6.07 Å². The zero-order chi connectivity index (χ0) is 24.5. The van der Waals surface area contributed by atoms with Crippen LogP contribution < -0.4 is 5.32 Å². The first kappa shape index (κ1) is 33.0. The molecule has 0 spiro atoms. The van der Waals surface area contributed by atoms with Crippen molar-refractivity contribution in [2.75, 3.05) is 13.1 Å². The third-order valence-corrected chi connectivity index (χ3v) is 4.45. The Morgan fingerprint density at radius 1 is 0.906 bits per heavy atom. The van der Waals surface area contributed by atoms with E-state index >= 15 is 0 Å². The first-order valence-corrected chi connectivity index (χ1v) is 11.2. The number of halogens is 6. The molecule has 181 valence electrons. The molecule has 3 rings (SSSR count). The molecule has 0 bridgehead atoms. The smallest absolute Gasteiger partial charge is 0.407 e. The van der Waals surface area contributed by atoms with Crippen LogP contribution in [0.15, 0.2) is 29.3 Å². The molecular weight excluding hydrogens is 631 g/mol. The van der Waals surface area contributed by atoms with E-state index in [1.807, 2.05) is 24.3 Å². The average molecular weight is 659 g/mol. The van der Waals surface area contributed by atoms with Crippen LogP contribution in [0.1, 0.15) is 47.1 Å². The van der Waals surface area contributed by atoms with Gasteiger partial charge in [-0.3, -0.25) is 0 Å². The molecule has 1 saturated carbocycles. The van der Waals surface area contributed by atoms with E-state index < -0.39 is 7.81 Å². The van der Waals surface area contributed by atoms with Gasteiger partial charge in [-0.1, -0.05) is 34.6 Å². The first-order chi connectivity index (χ1) is 13.9. The van der Waals surface area contributed by atoms with E-state index in [1.165, 1.54) is 36.5 Å². The van der Waals surface area contributed by atoms with Crippen LogP contribution in [0.2, 0.25) is 0 Å². The predicted molar refractivity (Wildman–Crippen MR) is 114 cm³/mol. The summed E-state index contributed by atoms with van der Waals surface area (Å²) in [6.45, 7) is 14.3. The van der Waals surface area contributed by atoms with E-state index in [0.29, 0.717) is 0 Å². The fourth-order valence-electron chi connectivity index (χ4n) is 2.53. The standard InChI is InChI=1S/C10H15.C9H9N2.C2H3N.F6P.Ir/c1-6-7(2)9(4)10(5)8(6)3;1-2-4-8(5-3-1)9-10-6-7-11-9;1-2-3;1-7(2,3,4,5)6;/h1-5H3;1-4H,6-7H2,(H,10,11);1H3;;/q;-1;;-1;+3. The normalized spacial score (nSPS) is 19.7. The van der Waals surface area contributed by atoms with E-state index in [1.54, 1.807) is 6.07 Å². The van der Waals surface area contributed by atoms with Crippen LogP contribution in [0.25, 0.3) is 0 Å². The summed E-state index contributed by atoms with van der Waals surface area (Å²) in [4.78, 5) is 4.28. The van der Waals surface area contributed by atoms with Crippen LogP contribution in [0.5, 0.6) is 0 Å².